The number of nitrogens with one attached hydrogen (secondary N) is 1. The summed E-state index contributed by atoms with van der Waals surface area (Å²) in [6.45, 7) is 4.78. The molecule has 0 aliphatic carbocycles. The van der Waals surface area contributed by atoms with Crippen molar-refractivity contribution in [2.75, 3.05) is 6.61 Å². The minimum atomic E-state index is -1.01. The Kier molecular flexibility index (Phi) is 7.27. The highest BCUT2D eigenvalue weighted by Gasteiger charge is 2.30. The molecule has 0 aromatic heterocycles. The summed E-state index contributed by atoms with van der Waals surface area (Å²) in [5, 5.41) is 12.5. The SMILES string of the molecule is CC(C)[C@](C)(C#N)NC(=O)COC(=O)/C=C/c1ccc(Cl)c(Cl)c1. The molecular weight excluding hydrogens is 351 g/mol. The molecular formula is C17H18Cl2N2O3. The summed E-state index contributed by atoms with van der Waals surface area (Å²) < 4.78 is 4.84. The minimum Gasteiger partial charge on any atom is -0.452 e. The highest BCUT2D eigenvalue weighted by atomic mass is 35.5. The third-order valence-electron chi connectivity index (χ3n) is 3.49. The molecule has 0 unspecified atom stereocenters. The van der Waals surface area contributed by atoms with E-state index in [0.717, 1.165) is 0 Å². The largest absolute Gasteiger partial charge is 0.452 e. The number of carbonyl (C=O) groups is 2. The molecule has 7 heteroatoms. The molecule has 0 saturated heterocycles. The average molecular weight is 369 g/mol. The zero-order chi connectivity index (χ0) is 18.3. The lowest BCUT2D eigenvalue weighted by molar-refractivity contribution is -0.144. The summed E-state index contributed by atoms with van der Waals surface area (Å²) in [6.07, 6.45) is 2.68. The maximum atomic E-state index is 11.8. The van der Waals surface area contributed by atoms with E-state index in [4.69, 9.17) is 33.2 Å². The van der Waals surface area contributed by atoms with Gasteiger partial charge in [-0.25, -0.2) is 4.79 Å². The average Bonchev–Trinajstić information content (AvgIpc) is 2.53. The van der Waals surface area contributed by atoms with Crippen molar-refractivity contribution in [2.45, 2.75) is 26.3 Å². The van der Waals surface area contributed by atoms with Gasteiger partial charge in [0.25, 0.3) is 5.91 Å². The Morgan fingerprint density at radius 3 is 2.58 bits per heavy atom. The van der Waals surface area contributed by atoms with Gasteiger partial charge in [0.15, 0.2) is 6.61 Å². The van der Waals surface area contributed by atoms with E-state index in [1.807, 2.05) is 19.9 Å². The first-order valence-electron chi connectivity index (χ1n) is 7.20. The van der Waals surface area contributed by atoms with Crippen molar-refractivity contribution in [3.8, 4) is 6.07 Å². The smallest absolute Gasteiger partial charge is 0.331 e. The van der Waals surface area contributed by atoms with E-state index in [-0.39, 0.29) is 5.92 Å². The molecule has 1 amide bonds. The van der Waals surface area contributed by atoms with Gasteiger partial charge in [-0.15, -0.1) is 0 Å². The van der Waals surface area contributed by atoms with Crippen LogP contribution in [-0.4, -0.2) is 24.0 Å². The maximum Gasteiger partial charge on any atom is 0.331 e. The summed E-state index contributed by atoms with van der Waals surface area (Å²) in [5.74, 6) is -1.31. The van der Waals surface area contributed by atoms with Crippen molar-refractivity contribution in [3.05, 3.63) is 39.9 Å². The number of amides is 1. The third kappa shape index (κ3) is 5.88. The van der Waals surface area contributed by atoms with E-state index in [9.17, 15) is 9.59 Å². The van der Waals surface area contributed by atoms with Gasteiger partial charge in [-0.1, -0.05) is 43.1 Å². The number of rotatable bonds is 6. The van der Waals surface area contributed by atoms with Crippen LogP contribution in [0.4, 0.5) is 0 Å². The minimum absolute atomic E-state index is 0.0864. The first-order chi connectivity index (χ1) is 11.2. The molecule has 1 atom stereocenters. The lowest BCUT2D eigenvalue weighted by Gasteiger charge is -2.27. The van der Waals surface area contributed by atoms with E-state index >= 15 is 0 Å². The van der Waals surface area contributed by atoms with Gasteiger partial charge < -0.3 is 10.1 Å². The fourth-order valence-corrected chi connectivity index (χ4v) is 1.90. The van der Waals surface area contributed by atoms with E-state index in [1.165, 1.54) is 12.2 Å². The Morgan fingerprint density at radius 2 is 2.04 bits per heavy atom. The predicted octanol–water partition coefficient (Wildman–Crippen LogP) is 3.60. The number of ether oxygens (including phenoxy) is 1. The second-order valence-corrected chi connectivity index (χ2v) is 6.45. The van der Waals surface area contributed by atoms with Crippen LogP contribution >= 0.6 is 23.2 Å². The summed E-state index contributed by atoms with van der Waals surface area (Å²) in [5.41, 5.74) is -0.345. The Hall–Kier alpha value is -2.03. The molecule has 0 saturated carbocycles. The van der Waals surface area contributed by atoms with Crippen LogP contribution in [0, 0.1) is 17.2 Å². The molecule has 5 nitrogen and oxygen atoms in total. The number of benzene rings is 1. The van der Waals surface area contributed by atoms with Crippen molar-refractivity contribution in [2.24, 2.45) is 5.92 Å². The second-order valence-electron chi connectivity index (χ2n) is 5.63. The van der Waals surface area contributed by atoms with Gasteiger partial charge in [0.05, 0.1) is 16.1 Å². The zero-order valence-corrected chi connectivity index (χ0v) is 15.1. The number of esters is 1. The van der Waals surface area contributed by atoms with Crippen molar-refractivity contribution in [1.29, 1.82) is 5.26 Å². The first-order valence-corrected chi connectivity index (χ1v) is 7.95. The summed E-state index contributed by atoms with van der Waals surface area (Å²) in [6, 6.07) is 6.94. The lowest BCUT2D eigenvalue weighted by Crippen LogP contribution is -2.50. The van der Waals surface area contributed by atoms with Crippen LogP contribution in [0.1, 0.15) is 26.3 Å². The Labute approximate surface area is 151 Å². The molecule has 1 aromatic carbocycles. The Bertz CT molecular complexity index is 696. The molecule has 0 heterocycles. The molecule has 128 valence electrons. The van der Waals surface area contributed by atoms with Gasteiger partial charge >= 0.3 is 5.97 Å². The van der Waals surface area contributed by atoms with Crippen LogP contribution in [0.3, 0.4) is 0 Å². The van der Waals surface area contributed by atoms with E-state index < -0.39 is 24.0 Å². The number of hydrogen-bond donors (Lipinski definition) is 1. The first kappa shape index (κ1) is 20.0. The summed E-state index contributed by atoms with van der Waals surface area (Å²) in [4.78, 5) is 23.4. The molecule has 0 spiro atoms. The molecule has 1 N–H and O–H groups in total. The van der Waals surface area contributed by atoms with E-state index in [0.29, 0.717) is 15.6 Å². The Balaban J connectivity index is 2.54. The van der Waals surface area contributed by atoms with Gasteiger partial charge in [0, 0.05) is 6.08 Å². The number of nitrogens with zero attached hydrogens (tertiary/aromatic N) is 1. The molecule has 0 bridgehead atoms. The van der Waals surface area contributed by atoms with Crippen molar-refractivity contribution >= 4 is 41.2 Å². The molecule has 0 aliphatic rings. The zero-order valence-electron chi connectivity index (χ0n) is 13.6. The van der Waals surface area contributed by atoms with Crippen LogP contribution in [0.25, 0.3) is 6.08 Å². The quantitative estimate of drug-likeness (QED) is 0.614. The molecule has 0 radical (unpaired) electrons. The van der Waals surface area contributed by atoms with E-state index in [2.05, 4.69) is 5.32 Å². The van der Waals surface area contributed by atoms with Gasteiger partial charge in [0.1, 0.15) is 5.54 Å². The van der Waals surface area contributed by atoms with Crippen molar-refractivity contribution in [1.82, 2.24) is 5.32 Å². The molecule has 1 rings (SSSR count). The number of halogens is 2. The Morgan fingerprint density at radius 1 is 1.38 bits per heavy atom. The fraction of sp³-hybridized carbons (Fsp3) is 0.353. The van der Waals surface area contributed by atoms with Crippen LogP contribution in [0.2, 0.25) is 10.0 Å². The standard InChI is InChI=1S/C17H18Cl2N2O3/c1-11(2)17(3,10-20)21-15(22)9-24-16(23)7-5-12-4-6-13(18)14(19)8-12/h4-8,11H,9H2,1-3H3,(H,21,22)/b7-5+/t17-/m0/s1. The number of carbonyl (C=O) groups excluding carboxylic acids is 2. The van der Waals surface area contributed by atoms with Crippen LogP contribution in [0.5, 0.6) is 0 Å². The lowest BCUT2D eigenvalue weighted by atomic mass is 9.90. The fourth-order valence-electron chi connectivity index (χ4n) is 1.59. The maximum absolute atomic E-state index is 11.8. The second kappa shape index (κ2) is 8.72. The summed E-state index contributed by atoms with van der Waals surface area (Å²) >= 11 is 11.7. The van der Waals surface area contributed by atoms with Crippen molar-refractivity contribution < 1.29 is 14.3 Å². The monoisotopic (exact) mass is 368 g/mol. The molecule has 1 aromatic rings. The van der Waals surface area contributed by atoms with Crippen LogP contribution in [0.15, 0.2) is 24.3 Å². The molecule has 0 fully saturated rings. The predicted molar refractivity (Wildman–Crippen MR) is 93.5 cm³/mol. The third-order valence-corrected chi connectivity index (χ3v) is 4.23. The van der Waals surface area contributed by atoms with Gasteiger partial charge in [-0.2, -0.15) is 5.26 Å². The summed E-state index contributed by atoms with van der Waals surface area (Å²) in [7, 11) is 0. The molecule has 24 heavy (non-hydrogen) atoms. The number of nitriles is 1. The highest BCUT2D eigenvalue weighted by Crippen LogP contribution is 2.23. The number of hydrogen-bond acceptors (Lipinski definition) is 4. The van der Waals surface area contributed by atoms with Crippen LogP contribution < -0.4 is 5.32 Å². The highest BCUT2D eigenvalue weighted by molar-refractivity contribution is 6.42. The van der Waals surface area contributed by atoms with Crippen molar-refractivity contribution in [3.63, 3.8) is 0 Å². The van der Waals surface area contributed by atoms with Gasteiger partial charge in [-0.05, 0) is 36.6 Å². The van der Waals surface area contributed by atoms with Gasteiger partial charge in [-0.3, -0.25) is 4.79 Å². The van der Waals surface area contributed by atoms with Gasteiger partial charge in [0.2, 0.25) is 0 Å². The normalized spacial score (nSPS) is 13.4. The van der Waals surface area contributed by atoms with E-state index in [1.54, 1.807) is 25.1 Å². The van der Waals surface area contributed by atoms with Crippen LogP contribution in [-0.2, 0) is 14.3 Å². The topological polar surface area (TPSA) is 79.2 Å². The molecule has 0 aliphatic heterocycles.